The number of H-pyrrole nitrogens is 1. The lowest BCUT2D eigenvalue weighted by Crippen LogP contribution is -1.95. The molecule has 0 aliphatic rings. The van der Waals surface area contributed by atoms with E-state index in [1.54, 1.807) is 33.5 Å². The number of benzene rings is 2. The van der Waals surface area contributed by atoms with Crippen molar-refractivity contribution in [2.24, 2.45) is 0 Å². The van der Waals surface area contributed by atoms with E-state index in [-0.39, 0.29) is 5.75 Å². The number of nitrogens with zero attached hydrogens (tertiary/aromatic N) is 1. The van der Waals surface area contributed by atoms with E-state index in [1.165, 1.54) is 0 Å². The summed E-state index contributed by atoms with van der Waals surface area (Å²) in [6.07, 6.45) is 1.81. The summed E-state index contributed by atoms with van der Waals surface area (Å²) < 4.78 is 16.2. The summed E-state index contributed by atoms with van der Waals surface area (Å²) in [7, 11) is 4.73. The second kappa shape index (κ2) is 6.54. The van der Waals surface area contributed by atoms with Crippen LogP contribution in [0.2, 0.25) is 0 Å². The van der Waals surface area contributed by atoms with Crippen LogP contribution < -0.4 is 14.2 Å². The van der Waals surface area contributed by atoms with E-state index in [1.807, 2.05) is 30.5 Å². The number of hydrogen-bond donors (Lipinski definition) is 2. The molecule has 2 N–H and O–H groups in total. The molecule has 3 aromatic rings. The highest BCUT2D eigenvalue weighted by Crippen LogP contribution is 2.42. The lowest BCUT2D eigenvalue weighted by atomic mass is 10.0. The minimum absolute atomic E-state index is 0.212. The van der Waals surface area contributed by atoms with E-state index in [4.69, 9.17) is 14.2 Å². The molecule has 0 aliphatic carbocycles. The number of aromatic amines is 1. The van der Waals surface area contributed by atoms with Gasteiger partial charge in [-0.3, -0.25) is 5.10 Å². The smallest absolute Gasteiger partial charge is 0.203 e. The topological polar surface area (TPSA) is 76.6 Å². The average molecular weight is 326 g/mol. The first-order chi connectivity index (χ1) is 11.7. The van der Waals surface area contributed by atoms with Gasteiger partial charge in [-0.1, -0.05) is 0 Å². The van der Waals surface area contributed by atoms with Gasteiger partial charge >= 0.3 is 0 Å². The highest BCUT2D eigenvalue weighted by Gasteiger charge is 2.17. The van der Waals surface area contributed by atoms with Gasteiger partial charge in [-0.25, -0.2) is 0 Å². The van der Waals surface area contributed by atoms with Gasteiger partial charge in [0.15, 0.2) is 11.5 Å². The highest BCUT2D eigenvalue weighted by molar-refractivity contribution is 5.82. The van der Waals surface area contributed by atoms with Crippen molar-refractivity contribution in [1.82, 2.24) is 10.2 Å². The predicted octanol–water partition coefficient (Wildman–Crippen LogP) is 3.48. The molecule has 1 aromatic heterocycles. The zero-order valence-electron chi connectivity index (χ0n) is 13.7. The van der Waals surface area contributed by atoms with Crippen molar-refractivity contribution in [3.63, 3.8) is 0 Å². The van der Waals surface area contributed by atoms with Crippen molar-refractivity contribution in [3.8, 4) is 45.4 Å². The van der Waals surface area contributed by atoms with E-state index >= 15 is 0 Å². The van der Waals surface area contributed by atoms with Gasteiger partial charge < -0.3 is 19.3 Å². The lowest BCUT2D eigenvalue weighted by molar-refractivity contribution is 0.324. The fourth-order valence-corrected chi connectivity index (χ4v) is 2.59. The third-order valence-corrected chi connectivity index (χ3v) is 3.76. The van der Waals surface area contributed by atoms with Crippen LogP contribution in [-0.2, 0) is 0 Å². The van der Waals surface area contributed by atoms with Gasteiger partial charge in [-0.15, -0.1) is 0 Å². The van der Waals surface area contributed by atoms with Crippen LogP contribution >= 0.6 is 0 Å². The van der Waals surface area contributed by atoms with Gasteiger partial charge in [0.2, 0.25) is 5.75 Å². The van der Waals surface area contributed by atoms with Crippen LogP contribution in [0.4, 0.5) is 0 Å². The number of hydrogen-bond acceptors (Lipinski definition) is 5. The lowest BCUT2D eigenvalue weighted by Gasteiger charge is -2.14. The minimum Gasteiger partial charge on any atom is -0.508 e. The minimum atomic E-state index is 0.212. The van der Waals surface area contributed by atoms with E-state index in [0.29, 0.717) is 17.2 Å². The molecule has 0 unspecified atom stereocenters. The Bertz CT molecular complexity index is 815. The Hall–Kier alpha value is -3.15. The quantitative estimate of drug-likeness (QED) is 0.751. The Kier molecular flexibility index (Phi) is 4.29. The number of rotatable bonds is 5. The van der Waals surface area contributed by atoms with Crippen molar-refractivity contribution in [1.29, 1.82) is 0 Å². The molecule has 0 saturated carbocycles. The Morgan fingerprint density at radius 3 is 2.04 bits per heavy atom. The highest BCUT2D eigenvalue weighted by atomic mass is 16.5. The van der Waals surface area contributed by atoms with E-state index in [9.17, 15) is 5.11 Å². The second-order valence-corrected chi connectivity index (χ2v) is 5.11. The van der Waals surface area contributed by atoms with Crippen LogP contribution in [0, 0.1) is 0 Å². The molecule has 24 heavy (non-hydrogen) atoms. The number of aromatic hydroxyl groups is 1. The maximum Gasteiger partial charge on any atom is 0.203 e. The van der Waals surface area contributed by atoms with Crippen molar-refractivity contribution in [2.75, 3.05) is 21.3 Å². The molecule has 124 valence electrons. The number of ether oxygens (including phenoxy) is 3. The van der Waals surface area contributed by atoms with Crippen molar-refractivity contribution in [3.05, 3.63) is 42.6 Å². The van der Waals surface area contributed by atoms with Gasteiger partial charge in [0, 0.05) is 17.3 Å². The molecule has 0 aliphatic heterocycles. The maximum atomic E-state index is 9.46. The largest absolute Gasteiger partial charge is 0.508 e. The van der Waals surface area contributed by atoms with Crippen molar-refractivity contribution in [2.45, 2.75) is 0 Å². The zero-order chi connectivity index (χ0) is 17.1. The molecule has 0 atom stereocenters. The summed E-state index contributed by atoms with van der Waals surface area (Å²) in [6.45, 7) is 0. The Morgan fingerprint density at radius 2 is 1.50 bits per heavy atom. The fourth-order valence-electron chi connectivity index (χ4n) is 2.59. The molecular weight excluding hydrogens is 308 g/mol. The molecule has 3 rings (SSSR count). The summed E-state index contributed by atoms with van der Waals surface area (Å²) in [5.74, 6) is 1.90. The molecule has 0 fully saturated rings. The van der Waals surface area contributed by atoms with Gasteiger partial charge in [0.25, 0.3) is 0 Å². The molecule has 2 aromatic carbocycles. The molecule has 0 saturated heterocycles. The molecule has 0 amide bonds. The molecule has 6 nitrogen and oxygen atoms in total. The number of aromatic nitrogens is 2. The molecule has 0 spiro atoms. The maximum absolute atomic E-state index is 9.46. The summed E-state index contributed by atoms with van der Waals surface area (Å²) in [6, 6.07) is 10.6. The van der Waals surface area contributed by atoms with Crippen LogP contribution in [0.25, 0.3) is 22.4 Å². The first-order valence-electron chi connectivity index (χ1n) is 7.31. The van der Waals surface area contributed by atoms with Gasteiger partial charge in [0.05, 0.1) is 27.0 Å². The summed E-state index contributed by atoms with van der Waals surface area (Å²) in [5.41, 5.74) is 3.42. The molecular formula is C18H18N2O4. The average Bonchev–Trinajstić information content (AvgIpc) is 3.10. The molecule has 1 heterocycles. The fraction of sp³-hybridized carbons (Fsp3) is 0.167. The Labute approximate surface area is 139 Å². The summed E-state index contributed by atoms with van der Waals surface area (Å²) in [4.78, 5) is 0. The Balaban J connectivity index is 2.14. The third-order valence-electron chi connectivity index (χ3n) is 3.76. The van der Waals surface area contributed by atoms with Gasteiger partial charge in [-0.05, 0) is 42.0 Å². The number of phenolic OH excluding ortho intramolecular Hbond substituents is 1. The summed E-state index contributed by atoms with van der Waals surface area (Å²) in [5, 5.41) is 16.7. The van der Waals surface area contributed by atoms with Crippen LogP contribution in [0.1, 0.15) is 0 Å². The van der Waals surface area contributed by atoms with Crippen LogP contribution in [0.3, 0.4) is 0 Å². The first kappa shape index (κ1) is 15.7. The van der Waals surface area contributed by atoms with E-state index < -0.39 is 0 Å². The Morgan fingerprint density at radius 1 is 0.875 bits per heavy atom. The van der Waals surface area contributed by atoms with Crippen LogP contribution in [-0.4, -0.2) is 36.6 Å². The van der Waals surface area contributed by atoms with Crippen molar-refractivity contribution < 1.29 is 19.3 Å². The van der Waals surface area contributed by atoms with Gasteiger partial charge in [-0.2, -0.15) is 5.10 Å². The second-order valence-electron chi connectivity index (χ2n) is 5.11. The number of methoxy groups -OCH3 is 3. The normalized spacial score (nSPS) is 10.5. The molecule has 0 radical (unpaired) electrons. The van der Waals surface area contributed by atoms with E-state index in [0.717, 1.165) is 22.4 Å². The third kappa shape index (κ3) is 2.74. The predicted molar refractivity (Wildman–Crippen MR) is 90.8 cm³/mol. The molecule has 0 bridgehead atoms. The monoisotopic (exact) mass is 326 g/mol. The van der Waals surface area contributed by atoms with Gasteiger partial charge in [0.1, 0.15) is 5.75 Å². The number of phenols is 1. The van der Waals surface area contributed by atoms with Crippen molar-refractivity contribution >= 4 is 0 Å². The standard InChI is InChI=1S/C18H18N2O4/c1-22-15-8-12(9-16(23-2)18(15)24-3)14-10-19-20-17(14)11-4-6-13(21)7-5-11/h4-10,21H,1-3H3,(H,19,20). The van der Waals surface area contributed by atoms with E-state index in [2.05, 4.69) is 10.2 Å². The SMILES string of the molecule is COc1cc(-c2c[nH]nc2-c2ccc(O)cc2)cc(OC)c1OC. The van der Waals surface area contributed by atoms with Crippen LogP contribution in [0.5, 0.6) is 23.0 Å². The number of nitrogens with one attached hydrogen (secondary N) is 1. The summed E-state index contributed by atoms with van der Waals surface area (Å²) >= 11 is 0. The zero-order valence-corrected chi connectivity index (χ0v) is 13.7. The van der Waals surface area contributed by atoms with Crippen LogP contribution in [0.15, 0.2) is 42.6 Å². The molecule has 6 heteroatoms. The first-order valence-corrected chi connectivity index (χ1v) is 7.31.